The summed E-state index contributed by atoms with van der Waals surface area (Å²) in [6.45, 7) is 0. The standard InChI is InChI=1S/C46H36N2/c47-28-35-13-7-8-14-39(35)34-16-18-42-41(24-34)40-17-15-33(25-43(40)46(42)37-20-29-19-30(22-37)23-38(46)21-29)36-26-44(31-9-3-1-4-10-31)48-45(27-36)32-11-5-2-6-12-32/h1-18,24-27,29-30,37-38H,19-23H2. The second-order valence-corrected chi connectivity index (χ2v) is 14.7. The minimum atomic E-state index is 0.0545. The lowest BCUT2D eigenvalue weighted by molar-refractivity contribution is -0.0399. The first-order chi connectivity index (χ1) is 23.7. The Kier molecular flexibility index (Phi) is 6.16. The Morgan fingerprint density at radius 2 is 1.08 bits per heavy atom. The van der Waals surface area contributed by atoms with Gasteiger partial charge in [-0.25, -0.2) is 4.98 Å². The molecule has 2 heteroatoms. The highest BCUT2D eigenvalue weighted by Gasteiger charge is 2.61. The molecule has 5 aliphatic carbocycles. The molecule has 0 N–H and O–H groups in total. The fraction of sp³-hybridized carbons (Fsp3) is 0.217. The van der Waals surface area contributed by atoms with Gasteiger partial charge in [0.15, 0.2) is 0 Å². The van der Waals surface area contributed by atoms with Crippen molar-refractivity contribution in [3.63, 3.8) is 0 Å². The largest absolute Gasteiger partial charge is 0.248 e. The summed E-state index contributed by atoms with van der Waals surface area (Å²) >= 11 is 0. The Labute approximate surface area is 282 Å². The molecule has 0 saturated heterocycles. The number of fused-ring (bicyclic) bond motifs is 3. The molecule has 11 rings (SSSR count). The van der Waals surface area contributed by atoms with E-state index in [1.165, 1.54) is 65.5 Å². The second-order valence-electron chi connectivity index (χ2n) is 14.7. The number of pyridine rings is 1. The summed E-state index contributed by atoms with van der Waals surface area (Å²) in [6, 6.07) is 50.7. The van der Waals surface area contributed by atoms with Crippen LogP contribution < -0.4 is 0 Å². The number of hydrogen-bond donors (Lipinski definition) is 0. The first-order valence-corrected chi connectivity index (χ1v) is 17.6. The van der Waals surface area contributed by atoms with Crippen LogP contribution in [-0.2, 0) is 5.41 Å². The molecule has 4 saturated carbocycles. The lowest BCUT2D eigenvalue weighted by Crippen LogP contribution is -2.55. The van der Waals surface area contributed by atoms with Crippen molar-refractivity contribution >= 4 is 0 Å². The molecule has 4 bridgehead atoms. The molecule has 2 nitrogen and oxygen atoms in total. The second kappa shape index (κ2) is 10.6. The van der Waals surface area contributed by atoms with Crippen LogP contribution >= 0.6 is 0 Å². The molecule has 0 radical (unpaired) electrons. The van der Waals surface area contributed by atoms with E-state index in [4.69, 9.17) is 4.98 Å². The minimum Gasteiger partial charge on any atom is -0.248 e. The van der Waals surface area contributed by atoms with Crippen LogP contribution in [0.5, 0.6) is 0 Å². The number of nitrogens with zero attached hydrogens (tertiary/aromatic N) is 2. The van der Waals surface area contributed by atoms with Crippen molar-refractivity contribution in [3.05, 3.63) is 150 Å². The molecule has 48 heavy (non-hydrogen) atoms. The van der Waals surface area contributed by atoms with Crippen molar-refractivity contribution in [3.8, 4) is 62.0 Å². The van der Waals surface area contributed by atoms with Crippen LogP contribution in [0.2, 0.25) is 0 Å². The van der Waals surface area contributed by atoms with E-state index in [-0.39, 0.29) is 5.41 Å². The molecule has 5 aromatic carbocycles. The Bertz CT molecular complexity index is 2170. The molecule has 0 aliphatic heterocycles. The van der Waals surface area contributed by atoms with Crippen LogP contribution in [0, 0.1) is 35.0 Å². The minimum absolute atomic E-state index is 0.0545. The summed E-state index contributed by atoms with van der Waals surface area (Å²) < 4.78 is 0. The van der Waals surface area contributed by atoms with E-state index in [1.807, 2.05) is 18.2 Å². The molecule has 0 atom stereocenters. The summed E-state index contributed by atoms with van der Waals surface area (Å²) in [4.78, 5) is 5.18. The number of aromatic nitrogens is 1. The molecule has 6 aromatic rings. The van der Waals surface area contributed by atoms with Crippen molar-refractivity contribution in [1.82, 2.24) is 4.98 Å². The third kappa shape index (κ3) is 4.07. The molecule has 4 fully saturated rings. The zero-order valence-corrected chi connectivity index (χ0v) is 26.9. The van der Waals surface area contributed by atoms with Crippen LogP contribution in [0.15, 0.2) is 133 Å². The molecule has 1 heterocycles. The van der Waals surface area contributed by atoms with Crippen molar-refractivity contribution in [2.24, 2.45) is 23.7 Å². The highest BCUT2D eigenvalue weighted by molar-refractivity contribution is 5.89. The highest BCUT2D eigenvalue weighted by Crippen LogP contribution is 2.69. The summed E-state index contributed by atoms with van der Waals surface area (Å²) in [6.07, 6.45) is 6.83. The predicted molar refractivity (Wildman–Crippen MR) is 194 cm³/mol. The molecular formula is C46H36N2. The first-order valence-electron chi connectivity index (χ1n) is 17.6. The summed E-state index contributed by atoms with van der Waals surface area (Å²) in [5.74, 6) is 3.13. The van der Waals surface area contributed by atoms with Gasteiger partial charge in [-0.2, -0.15) is 5.26 Å². The molecule has 1 aromatic heterocycles. The topological polar surface area (TPSA) is 36.7 Å². The smallest absolute Gasteiger partial charge is 0.0998 e. The van der Waals surface area contributed by atoms with E-state index < -0.39 is 0 Å². The zero-order valence-electron chi connectivity index (χ0n) is 26.9. The highest BCUT2D eigenvalue weighted by atomic mass is 14.7. The van der Waals surface area contributed by atoms with E-state index in [0.717, 1.165) is 51.0 Å². The van der Waals surface area contributed by atoms with Gasteiger partial charge in [0.05, 0.1) is 23.0 Å². The van der Waals surface area contributed by atoms with Gasteiger partial charge in [-0.3, -0.25) is 0 Å². The van der Waals surface area contributed by atoms with Crippen molar-refractivity contribution in [2.45, 2.75) is 37.5 Å². The predicted octanol–water partition coefficient (Wildman–Crippen LogP) is 11.3. The van der Waals surface area contributed by atoms with Gasteiger partial charge in [0.25, 0.3) is 0 Å². The lowest BCUT2D eigenvalue weighted by atomic mass is 9.43. The average Bonchev–Trinajstić information content (AvgIpc) is 3.43. The maximum Gasteiger partial charge on any atom is 0.0998 e. The summed E-state index contributed by atoms with van der Waals surface area (Å²) in [7, 11) is 0. The average molecular weight is 617 g/mol. The van der Waals surface area contributed by atoms with Gasteiger partial charge in [0.1, 0.15) is 0 Å². The molecule has 5 aliphatic rings. The Balaban J connectivity index is 1.18. The summed E-state index contributed by atoms with van der Waals surface area (Å²) in [5.41, 5.74) is 15.5. The fourth-order valence-corrected chi connectivity index (χ4v) is 10.6. The molecule has 0 amide bonds. The van der Waals surface area contributed by atoms with Gasteiger partial charge in [-0.05, 0) is 131 Å². The lowest BCUT2D eigenvalue weighted by Gasteiger charge is -2.61. The molecular weight excluding hydrogens is 581 g/mol. The maximum atomic E-state index is 9.94. The van der Waals surface area contributed by atoms with E-state index in [0.29, 0.717) is 11.8 Å². The van der Waals surface area contributed by atoms with Gasteiger partial charge in [0.2, 0.25) is 0 Å². The fourth-order valence-electron chi connectivity index (χ4n) is 10.6. The van der Waals surface area contributed by atoms with E-state index >= 15 is 0 Å². The van der Waals surface area contributed by atoms with Crippen molar-refractivity contribution < 1.29 is 0 Å². The van der Waals surface area contributed by atoms with E-state index in [1.54, 1.807) is 0 Å². The molecule has 0 unspecified atom stereocenters. The Morgan fingerprint density at radius 1 is 0.479 bits per heavy atom. The SMILES string of the molecule is N#Cc1ccccc1-c1ccc2c(c1)-c1ccc(-c3cc(-c4ccccc4)nc(-c4ccccc4)c3)cc1C21C2CC3CC(C2)CC1C3. The van der Waals surface area contributed by atoms with E-state index in [9.17, 15) is 5.26 Å². The number of benzene rings is 5. The normalized spacial score (nSPS) is 24.3. The van der Waals surface area contributed by atoms with Gasteiger partial charge in [0, 0.05) is 16.5 Å². The maximum absolute atomic E-state index is 9.94. The Morgan fingerprint density at radius 3 is 1.73 bits per heavy atom. The Hall–Kier alpha value is -5.26. The van der Waals surface area contributed by atoms with Crippen LogP contribution in [0.1, 0.15) is 48.8 Å². The number of hydrogen-bond acceptors (Lipinski definition) is 2. The molecule has 230 valence electrons. The third-order valence-electron chi connectivity index (χ3n) is 12.3. The van der Waals surface area contributed by atoms with Crippen LogP contribution in [0.4, 0.5) is 0 Å². The first kappa shape index (κ1) is 27.8. The quantitative estimate of drug-likeness (QED) is 0.198. The number of nitriles is 1. The monoisotopic (exact) mass is 616 g/mol. The van der Waals surface area contributed by atoms with Gasteiger partial charge >= 0.3 is 0 Å². The van der Waals surface area contributed by atoms with Gasteiger partial charge in [-0.15, -0.1) is 0 Å². The summed E-state index contributed by atoms with van der Waals surface area (Å²) in [5, 5.41) is 9.94. The van der Waals surface area contributed by atoms with E-state index in [2.05, 4.69) is 121 Å². The third-order valence-corrected chi connectivity index (χ3v) is 12.3. The van der Waals surface area contributed by atoms with Gasteiger partial charge < -0.3 is 0 Å². The van der Waals surface area contributed by atoms with Crippen LogP contribution in [-0.4, -0.2) is 4.98 Å². The van der Waals surface area contributed by atoms with Crippen LogP contribution in [0.25, 0.3) is 55.9 Å². The zero-order chi connectivity index (χ0) is 31.8. The van der Waals surface area contributed by atoms with Crippen molar-refractivity contribution in [2.75, 3.05) is 0 Å². The molecule has 1 spiro atoms. The van der Waals surface area contributed by atoms with Crippen LogP contribution in [0.3, 0.4) is 0 Å². The number of rotatable bonds is 4. The van der Waals surface area contributed by atoms with Crippen molar-refractivity contribution in [1.29, 1.82) is 5.26 Å². The van der Waals surface area contributed by atoms with Gasteiger partial charge in [-0.1, -0.05) is 103 Å².